The smallest absolute Gasteiger partial charge is 0.330 e. The Morgan fingerprint density at radius 1 is 1.14 bits per heavy atom. The first-order valence-corrected chi connectivity index (χ1v) is 6.52. The Morgan fingerprint density at radius 2 is 1.77 bits per heavy atom. The molecular weight excluding hydrogens is 300 g/mol. The fourth-order valence-corrected chi connectivity index (χ4v) is 0.916. The lowest BCUT2D eigenvalue weighted by atomic mass is 10.5. The Bertz CT molecular complexity index is 304. The summed E-state index contributed by atoms with van der Waals surface area (Å²) in [6.07, 6.45) is 0.691. The average Bonchev–Trinajstić information content (AvgIpc) is 2.49. The molecule has 22 heavy (non-hydrogen) atoms. The quantitative estimate of drug-likeness (QED) is 0.193. The molecule has 0 aromatic heterocycles. The zero-order chi connectivity index (χ0) is 17.2. The molecule has 0 spiro atoms. The van der Waals surface area contributed by atoms with Crippen molar-refractivity contribution in [3.05, 3.63) is 12.2 Å². The number of hydrogen-bond acceptors (Lipinski definition) is 8. The van der Waals surface area contributed by atoms with E-state index in [0.717, 1.165) is 6.08 Å². The topological polar surface area (TPSA) is 132 Å². The fraction of sp³-hybridized carbons (Fsp3) is 0.692. The standard InChI is InChI=1S/C8H18O5.C5H6O4/c1-2-13-8(10)7-12-6-5-11-4-3-9;1-9-5(8)3-2-4(6)7/h8-10H,2-7H2,1H3;2-3H,1H3,(H,6,7). The van der Waals surface area contributed by atoms with Crippen LogP contribution in [0.5, 0.6) is 0 Å². The first-order valence-electron chi connectivity index (χ1n) is 6.52. The second-order valence-corrected chi connectivity index (χ2v) is 3.52. The van der Waals surface area contributed by atoms with Crippen LogP contribution in [0.2, 0.25) is 0 Å². The maximum atomic E-state index is 10.1. The molecule has 9 heteroatoms. The lowest BCUT2D eigenvalue weighted by molar-refractivity contribution is -0.137. The average molecular weight is 324 g/mol. The third-order valence-corrected chi connectivity index (χ3v) is 1.79. The predicted molar refractivity (Wildman–Crippen MR) is 75.1 cm³/mol. The molecule has 0 heterocycles. The maximum Gasteiger partial charge on any atom is 0.330 e. The SMILES string of the molecule is CCOC(O)COCCOCCO.COC(=O)C=CC(=O)O. The van der Waals surface area contributed by atoms with Crippen LogP contribution >= 0.6 is 0 Å². The second kappa shape index (κ2) is 17.5. The molecule has 1 unspecified atom stereocenters. The number of aliphatic carboxylic acids is 1. The van der Waals surface area contributed by atoms with E-state index in [4.69, 9.17) is 29.5 Å². The molecule has 0 saturated heterocycles. The van der Waals surface area contributed by atoms with Crippen molar-refractivity contribution in [2.45, 2.75) is 13.2 Å². The van der Waals surface area contributed by atoms with Crippen LogP contribution in [0.15, 0.2) is 12.2 Å². The lowest BCUT2D eigenvalue weighted by Crippen LogP contribution is -2.20. The molecule has 0 bridgehead atoms. The van der Waals surface area contributed by atoms with Gasteiger partial charge in [-0.2, -0.15) is 0 Å². The zero-order valence-corrected chi connectivity index (χ0v) is 12.8. The Labute approximate surface area is 129 Å². The third kappa shape index (κ3) is 20.8. The van der Waals surface area contributed by atoms with E-state index in [1.54, 1.807) is 6.92 Å². The van der Waals surface area contributed by atoms with Crippen molar-refractivity contribution in [2.24, 2.45) is 0 Å². The highest BCUT2D eigenvalue weighted by Crippen LogP contribution is 1.88. The van der Waals surface area contributed by atoms with Gasteiger partial charge in [0.05, 0.1) is 40.1 Å². The van der Waals surface area contributed by atoms with Crippen molar-refractivity contribution in [1.82, 2.24) is 0 Å². The van der Waals surface area contributed by atoms with E-state index in [9.17, 15) is 9.59 Å². The van der Waals surface area contributed by atoms with E-state index in [2.05, 4.69) is 4.74 Å². The highest BCUT2D eigenvalue weighted by molar-refractivity contribution is 5.90. The Hall–Kier alpha value is -1.52. The minimum absolute atomic E-state index is 0.0154. The number of hydrogen-bond donors (Lipinski definition) is 3. The van der Waals surface area contributed by atoms with Crippen molar-refractivity contribution in [3.63, 3.8) is 0 Å². The van der Waals surface area contributed by atoms with Crippen molar-refractivity contribution in [1.29, 1.82) is 0 Å². The molecule has 0 aliphatic rings. The number of ether oxygens (including phenoxy) is 4. The van der Waals surface area contributed by atoms with Crippen LogP contribution < -0.4 is 0 Å². The van der Waals surface area contributed by atoms with E-state index in [1.807, 2.05) is 0 Å². The lowest BCUT2D eigenvalue weighted by Gasteiger charge is -2.10. The summed E-state index contributed by atoms with van der Waals surface area (Å²) in [5, 5.41) is 25.3. The molecule has 0 rings (SSSR count). The minimum atomic E-state index is -1.17. The molecule has 9 nitrogen and oxygen atoms in total. The van der Waals surface area contributed by atoms with Gasteiger partial charge in [0, 0.05) is 18.8 Å². The molecule has 3 N–H and O–H groups in total. The van der Waals surface area contributed by atoms with Gasteiger partial charge in [0.2, 0.25) is 0 Å². The van der Waals surface area contributed by atoms with E-state index < -0.39 is 18.2 Å². The summed E-state index contributed by atoms with van der Waals surface area (Å²) in [7, 11) is 1.18. The summed E-state index contributed by atoms with van der Waals surface area (Å²) in [6, 6.07) is 0. The van der Waals surface area contributed by atoms with Gasteiger partial charge in [0.25, 0.3) is 0 Å². The molecule has 0 fully saturated rings. The summed E-state index contributed by atoms with van der Waals surface area (Å²) in [4.78, 5) is 19.9. The molecule has 0 aliphatic carbocycles. The first-order chi connectivity index (χ1) is 10.5. The molecular formula is C13H24O9. The summed E-state index contributed by atoms with van der Waals surface area (Å²) >= 11 is 0. The number of methoxy groups -OCH3 is 1. The highest BCUT2D eigenvalue weighted by Gasteiger charge is 2.01. The molecule has 130 valence electrons. The predicted octanol–water partition coefficient (Wildman–Crippen LogP) is -0.833. The number of carboxylic acids is 1. The molecule has 0 aliphatic heterocycles. The maximum absolute atomic E-state index is 10.1. The Morgan fingerprint density at radius 3 is 2.27 bits per heavy atom. The van der Waals surface area contributed by atoms with Gasteiger partial charge in [-0.15, -0.1) is 0 Å². The first kappa shape index (κ1) is 22.8. The van der Waals surface area contributed by atoms with Crippen LogP contribution in [0.25, 0.3) is 0 Å². The molecule has 1 atom stereocenters. The van der Waals surface area contributed by atoms with Crippen LogP contribution in [0.3, 0.4) is 0 Å². The van der Waals surface area contributed by atoms with E-state index in [0.29, 0.717) is 32.5 Å². The summed E-state index contributed by atoms with van der Waals surface area (Å²) in [6.45, 7) is 3.55. The fourth-order valence-electron chi connectivity index (χ4n) is 0.916. The van der Waals surface area contributed by atoms with Gasteiger partial charge in [-0.1, -0.05) is 0 Å². The van der Waals surface area contributed by atoms with Crippen LogP contribution in [0, 0.1) is 0 Å². The molecule has 0 radical (unpaired) electrons. The number of carbonyl (C=O) groups is 2. The number of esters is 1. The number of aliphatic hydroxyl groups excluding tert-OH is 2. The third-order valence-electron chi connectivity index (χ3n) is 1.79. The second-order valence-electron chi connectivity index (χ2n) is 3.52. The minimum Gasteiger partial charge on any atom is -0.478 e. The Kier molecular flexibility index (Phi) is 18.1. The zero-order valence-electron chi connectivity index (χ0n) is 12.8. The van der Waals surface area contributed by atoms with Gasteiger partial charge >= 0.3 is 11.9 Å². The van der Waals surface area contributed by atoms with E-state index >= 15 is 0 Å². The van der Waals surface area contributed by atoms with Crippen molar-refractivity contribution >= 4 is 11.9 Å². The van der Waals surface area contributed by atoms with Crippen molar-refractivity contribution < 1.29 is 43.9 Å². The van der Waals surface area contributed by atoms with Gasteiger partial charge in [0.1, 0.15) is 0 Å². The van der Waals surface area contributed by atoms with E-state index in [1.165, 1.54) is 7.11 Å². The normalized spacial score (nSPS) is 11.6. The van der Waals surface area contributed by atoms with Gasteiger partial charge in [0.15, 0.2) is 6.29 Å². The van der Waals surface area contributed by atoms with Crippen molar-refractivity contribution in [3.8, 4) is 0 Å². The summed E-state index contributed by atoms with van der Waals surface area (Å²) in [5.41, 5.74) is 0. The van der Waals surface area contributed by atoms with Gasteiger partial charge < -0.3 is 34.3 Å². The van der Waals surface area contributed by atoms with E-state index in [-0.39, 0.29) is 13.2 Å². The number of carboxylic acid groups (broad SMARTS) is 1. The van der Waals surface area contributed by atoms with Crippen LogP contribution in [0.1, 0.15) is 6.92 Å². The van der Waals surface area contributed by atoms with Crippen LogP contribution in [0.4, 0.5) is 0 Å². The molecule has 0 aromatic rings. The summed E-state index contributed by atoms with van der Waals surface area (Å²) in [5.74, 6) is -1.84. The molecule has 0 amide bonds. The van der Waals surface area contributed by atoms with Gasteiger partial charge in [-0.3, -0.25) is 0 Å². The Balaban J connectivity index is 0. The molecule has 0 aromatic carbocycles. The van der Waals surface area contributed by atoms with Crippen molar-refractivity contribution in [2.75, 3.05) is 46.8 Å². The number of rotatable bonds is 11. The number of aliphatic hydroxyl groups is 2. The monoisotopic (exact) mass is 324 g/mol. The molecule has 0 saturated carbocycles. The highest BCUT2D eigenvalue weighted by atomic mass is 16.6. The van der Waals surface area contributed by atoms with Gasteiger partial charge in [-0.05, 0) is 6.92 Å². The summed E-state index contributed by atoms with van der Waals surface area (Å²) < 4.78 is 18.9. The number of carbonyl (C=O) groups excluding carboxylic acids is 1. The largest absolute Gasteiger partial charge is 0.478 e. The van der Waals surface area contributed by atoms with Gasteiger partial charge in [-0.25, -0.2) is 9.59 Å². The van der Waals surface area contributed by atoms with Crippen LogP contribution in [-0.2, 0) is 28.5 Å². The van der Waals surface area contributed by atoms with Crippen LogP contribution in [-0.4, -0.2) is 80.3 Å².